The van der Waals surface area contributed by atoms with E-state index in [4.69, 9.17) is 5.73 Å². The highest BCUT2D eigenvalue weighted by Gasteiger charge is 2.50. The predicted octanol–water partition coefficient (Wildman–Crippen LogP) is 0.0841. The van der Waals surface area contributed by atoms with E-state index >= 15 is 0 Å². The number of amides is 2. The first-order chi connectivity index (χ1) is 8.03. The third-order valence-electron chi connectivity index (χ3n) is 3.66. The second kappa shape index (κ2) is 4.47. The Bertz CT molecular complexity index is 357. The summed E-state index contributed by atoms with van der Waals surface area (Å²) >= 11 is 0. The van der Waals surface area contributed by atoms with E-state index in [1.807, 2.05) is 0 Å². The molecule has 0 spiro atoms. The Labute approximate surface area is 100 Å². The van der Waals surface area contributed by atoms with Gasteiger partial charge in [-0.05, 0) is 25.2 Å². The molecule has 3 N–H and O–H groups in total. The average Bonchev–Trinajstić information content (AvgIpc) is 2.96. The molecule has 0 aromatic carbocycles. The zero-order valence-electron chi connectivity index (χ0n) is 9.70. The highest BCUT2D eigenvalue weighted by Crippen LogP contribution is 2.35. The number of Topliss-reactive ketones (excluding diaryl/α,β-unsaturated/α-hetero) is 1. The molecule has 5 nitrogen and oxygen atoms in total. The van der Waals surface area contributed by atoms with Crippen molar-refractivity contribution in [3.63, 3.8) is 0 Å². The fourth-order valence-corrected chi connectivity index (χ4v) is 1.93. The number of primary amides is 1. The van der Waals surface area contributed by atoms with Gasteiger partial charge in [-0.2, -0.15) is 0 Å². The van der Waals surface area contributed by atoms with Gasteiger partial charge in [-0.3, -0.25) is 14.4 Å². The Kier molecular flexibility index (Phi) is 3.17. The fraction of sp³-hybridized carbons (Fsp3) is 0.667. The van der Waals surface area contributed by atoms with E-state index in [0.717, 1.165) is 12.8 Å². The lowest BCUT2D eigenvalue weighted by Crippen LogP contribution is -2.49. The summed E-state index contributed by atoms with van der Waals surface area (Å²) in [5.74, 6) is -1.26. The van der Waals surface area contributed by atoms with Crippen LogP contribution in [0, 0.1) is 12.3 Å². The number of hydrogen-bond acceptors (Lipinski definition) is 3. The first-order valence-corrected chi connectivity index (χ1v) is 6.03. The van der Waals surface area contributed by atoms with E-state index in [2.05, 4.69) is 5.32 Å². The fourth-order valence-electron chi connectivity index (χ4n) is 1.93. The maximum absolute atomic E-state index is 11.5. The molecular formula is C12H17N2O3. The van der Waals surface area contributed by atoms with Crippen LogP contribution in [0.2, 0.25) is 0 Å². The van der Waals surface area contributed by atoms with Crippen molar-refractivity contribution in [1.29, 1.82) is 0 Å². The zero-order chi connectivity index (χ0) is 12.5. The lowest BCUT2D eigenvalue weighted by molar-refractivity contribution is -0.138. The van der Waals surface area contributed by atoms with Crippen molar-refractivity contribution < 1.29 is 14.4 Å². The van der Waals surface area contributed by atoms with Crippen LogP contribution in [0.1, 0.15) is 38.5 Å². The van der Waals surface area contributed by atoms with Crippen molar-refractivity contribution >= 4 is 17.6 Å². The summed E-state index contributed by atoms with van der Waals surface area (Å²) in [6.45, 7) is 0. The minimum Gasteiger partial charge on any atom is -0.368 e. The molecule has 0 unspecified atom stereocenters. The van der Waals surface area contributed by atoms with Crippen molar-refractivity contribution in [3.8, 4) is 0 Å². The summed E-state index contributed by atoms with van der Waals surface area (Å²) in [5, 5.41) is 2.43. The molecule has 0 atom stereocenters. The standard InChI is InChI=1S/C12H17N2O3/c13-11(17)12(6-7-12)14-10(16)9(15)5-4-8-2-1-3-8/h5,8H,1-4,6-7H2,(H2,13,17)(H,14,16). The Hall–Kier alpha value is -1.39. The molecule has 2 rings (SSSR count). The third-order valence-corrected chi connectivity index (χ3v) is 3.66. The smallest absolute Gasteiger partial charge is 0.288 e. The Morgan fingerprint density at radius 2 is 1.94 bits per heavy atom. The second-order valence-corrected chi connectivity index (χ2v) is 5.00. The lowest BCUT2D eigenvalue weighted by atomic mass is 9.82. The van der Waals surface area contributed by atoms with E-state index < -0.39 is 23.1 Å². The Morgan fingerprint density at radius 1 is 1.29 bits per heavy atom. The quantitative estimate of drug-likeness (QED) is 0.641. The van der Waals surface area contributed by atoms with Crippen LogP contribution >= 0.6 is 0 Å². The Morgan fingerprint density at radius 3 is 2.35 bits per heavy atom. The third kappa shape index (κ3) is 2.65. The van der Waals surface area contributed by atoms with Gasteiger partial charge in [0.25, 0.3) is 5.91 Å². The molecule has 93 valence electrons. The highest BCUT2D eigenvalue weighted by molar-refractivity contribution is 6.40. The van der Waals surface area contributed by atoms with E-state index in [1.54, 1.807) is 0 Å². The van der Waals surface area contributed by atoms with Crippen LogP contribution in [-0.4, -0.2) is 23.1 Å². The number of hydrogen-bond donors (Lipinski definition) is 2. The van der Waals surface area contributed by atoms with Gasteiger partial charge in [0.1, 0.15) is 5.54 Å². The molecule has 0 bridgehead atoms. The van der Waals surface area contributed by atoms with Gasteiger partial charge in [0, 0.05) is 6.42 Å². The molecule has 2 aliphatic rings. The zero-order valence-corrected chi connectivity index (χ0v) is 9.70. The van der Waals surface area contributed by atoms with Gasteiger partial charge in [0.15, 0.2) is 0 Å². The van der Waals surface area contributed by atoms with Crippen molar-refractivity contribution in [1.82, 2.24) is 5.32 Å². The molecule has 2 amide bonds. The molecule has 0 saturated heterocycles. The number of carbonyl (C=O) groups is 3. The number of carbonyl (C=O) groups excluding carboxylic acids is 3. The van der Waals surface area contributed by atoms with Gasteiger partial charge in [0.05, 0.1) is 0 Å². The molecule has 0 aliphatic heterocycles. The molecule has 0 aromatic rings. The second-order valence-electron chi connectivity index (χ2n) is 5.00. The minimum atomic E-state index is -0.947. The van der Waals surface area contributed by atoms with Crippen molar-refractivity contribution in [2.75, 3.05) is 0 Å². The summed E-state index contributed by atoms with van der Waals surface area (Å²) in [4.78, 5) is 34.1. The van der Waals surface area contributed by atoms with Crippen LogP contribution in [-0.2, 0) is 14.4 Å². The molecule has 0 heterocycles. The monoisotopic (exact) mass is 237 g/mol. The van der Waals surface area contributed by atoms with Gasteiger partial charge in [0.2, 0.25) is 11.7 Å². The van der Waals surface area contributed by atoms with Crippen LogP contribution in [0.4, 0.5) is 0 Å². The highest BCUT2D eigenvalue weighted by atomic mass is 16.2. The molecule has 2 saturated carbocycles. The maximum atomic E-state index is 11.5. The molecule has 1 radical (unpaired) electrons. The van der Waals surface area contributed by atoms with Crippen LogP contribution < -0.4 is 11.1 Å². The van der Waals surface area contributed by atoms with Crippen LogP contribution in [0.15, 0.2) is 0 Å². The predicted molar refractivity (Wildman–Crippen MR) is 60.6 cm³/mol. The van der Waals surface area contributed by atoms with Crippen molar-refractivity contribution in [2.24, 2.45) is 11.7 Å². The SMILES string of the molecule is NC(=O)C1(NC(=O)C(=O)[CH]CC2CCC2)CC1. The summed E-state index contributed by atoms with van der Waals surface area (Å²) in [7, 11) is 0. The number of nitrogens with two attached hydrogens (primary N) is 1. The summed E-state index contributed by atoms with van der Waals surface area (Å²) in [6.07, 6.45) is 6.64. The average molecular weight is 237 g/mol. The van der Waals surface area contributed by atoms with E-state index in [0.29, 0.717) is 25.2 Å². The molecule has 5 heteroatoms. The summed E-state index contributed by atoms with van der Waals surface area (Å²) in [6, 6.07) is 0. The molecular weight excluding hydrogens is 220 g/mol. The molecule has 2 aliphatic carbocycles. The lowest BCUT2D eigenvalue weighted by Gasteiger charge is -2.24. The topological polar surface area (TPSA) is 89.3 Å². The molecule has 17 heavy (non-hydrogen) atoms. The van der Waals surface area contributed by atoms with Crippen molar-refractivity contribution in [2.45, 2.75) is 44.1 Å². The first kappa shape index (κ1) is 12.1. The Balaban J connectivity index is 1.75. The normalized spacial score (nSPS) is 21.4. The van der Waals surface area contributed by atoms with E-state index in [9.17, 15) is 14.4 Å². The number of ketones is 1. The van der Waals surface area contributed by atoms with Gasteiger partial charge in [-0.15, -0.1) is 0 Å². The first-order valence-electron chi connectivity index (χ1n) is 6.03. The van der Waals surface area contributed by atoms with Crippen molar-refractivity contribution in [3.05, 3.63) is 6.42 Å². The largest absolute Gasteiger partial charge is 0.368 e. The van der Waals surface area contributed by atoms with E-state index in [1.165, 1.54) is 12.8 Å². The molecule has 2 fully saturated rings. The van der Waals surface area contributed by atoms with Gasteiger partial charge >= 0.3 is 0 Å². The van der Waals surface area contributed by atoms with Gasteiger partial charge in [-0.1, -0.05) is 19.3 Å². The van der Waals surface area contributed by atoms with Crippen LogP contribution in [0.25, 0.3) is 0 Å². The van der Waals surface area contributed by atoms with Gasteiger partial charge < -0.3 is 11.1 Å². The number of rotatable bonds is 6. The van der Waals surface area contributed by atoms with Gasteiger partial charge in [-0.25, -0.2) is 0 Å². The number of nitrogens with one attached hydrogen (secondary N) is 1. The van der Waals surface area contributed by atoms with E-state index in [-0.39, 0.29) is 0 Å². The maximum Gasteiger partial charge on any atom is 0.288 e. The van der Waals surface area contributed by atoms with Crippen LogP contribution in [0.5, 0.6) is 0 Å². The summed E-state index contributed by atoms with van der Waals surface area (Å²) in [5.41, 5.74) is 4.21. The summed E-state index contributed by atoms with van der Waals surface area (Å²) < 4.78 is 0. The van der Waals surface area contributed by atoms with Crippen LogP contribution in [0.3, 0.4) is 0 Å². The minimum absolute atomic E-state index is 0.532. The molecule has 0 aromatic heterocycles.